The minimum Gasteiger partial charge on any atom is -0.486 e. The van der Waals surface area contributed by atoms with Gasteiger partial charge in [0.25, 0.3) is 5.91 Å². The quantitative estimate of drug-likeness (QED) is 0.171. The summed E-state index contributed by atoms with van der Waals surface area (Å²) in [5, 5.41) is 10.3. The van der Waals surface area contributed by atoms with Gasteiger partial charge in [0.2, 0.25) is 5.95 Å². The Kier molecular flexibility index (Phi) is 9.29. The number of nitrogens with one attached hydrogen (secondary N) is 1. The number of unbranched alkanes of at least 4 members (excludes halogenated alkanes) is 1. The van der Waals surface area contributed by atoms with Gasteiger partial charge in [-0.3, -0.25) is 9.69 Å². The van der Waals surface area contributed by atoms with Crippen LogP contribution in [0.2, 0.25) is 0 Å². The van der Waals surface area contributed by atoms with Crippen LogP contribution in [0.15, 0.2) is 55.0 Å². The third-order valence-corrected chi connectivity index (χ3v) is 7.68. The summed E-state index contributed by atoms with van der Waals surface area (Å²) in [6, 6.07) is 11.9. The number of amides is 1. The van der Waals surface area contributed by atoms with Crippen LogP contribution in [-0.2, 0) is 6.42 Å². The SMILES string of the molecule is N#Cc1ccc2[nH]cc(CCCCN3CCN(c4ncc(-c5ccc(OCC(F)(F)C(F)F)c(C(N)=O)c5)cn4)CC3)c2c1. The summed E-state index contributed by atoms with van der Waals surface area (Å²) in [5.41, 5.74) is 9.13. The smallest absolute Gasteiger partial charge is 0.340 e. The molecular weight excluding hydrogens is 578 g/mol. The van der Waals surface area contributed by atoms with E-state index < -0.39 is 24.9 Å². The molecule has 4 aromatic rings. The normalized spacial score (nSPS) is 14.2. The Morgan fingerprint density at radius 2 is 1.82 bits per heavy atom. The maximum absolute atomic E-state index is 13.3. The van der Waals surface area contributed by atoms with Gasteiger partial charge in [0.05, 0.1) is 17.2 Å². The molecule has 1 saturated heterocycles. The molecule has 230 valence electrons. The summed E-state index contributed by atoms with van der Waals surface area (Å²) < 4.78 is 56.3. The van der Waals surface area contributed by atoms with E-state index in [-0.39, 0.29) is 11.3 Å². The molecule has 44 heavy (non-hydrogen) atoms. The van der Waals surface area contributed by atoms with Gasteiger partial charge in [0.1, 0.15) is 5.75 Å². The average molecular weight is 610 g/mol. The molecule has 0 bridgehead atoms. The lowest BCUT2D eigenvalue weighted by molar-refractivity contribution is -0.148. The molecule has 9 nitrogen and oxygen atoms in total. The van der Waals surface area contributed by atoms with E-state index in [0.29, 0.717) is 22.6 Å². The van der Waals surface area contributed by atoms with Gasteiger partial charge in [-0.25, -0.2) is 18.7 Å². The molecule has 0 aliphatic carbocycles. The number of rotatable bonds is 12. The molecule has 0 radical (unpaired) electrons. The summed E-state index contributed by atoms with van der Waals surface area (Å²) in [5.74, 6) is -5.07. The summed E-state index contributed by atoms with van der Waals surface area (Å²) in [6.07, 6.45) is 4.35. The van der Waals surface area contributed by atoms with E-state index in [0.717, 1.165) is 62.9 Å². The molecule has 1 aliphatic heterocycles. The van der Waals surface area contributed by atoms with Gasteiger partial charge in [-0.1, -0.05) is 6.07 Å². The van der Waals surface area contributed by atoms with Crippen LogP contribution in [0.3, 0.4) is 0 Å². The number of nitrogens with two attached hydrogens (primary N) is 1. The monoisotopic (exact) mass is 609 g/mol. The summed E-state index contributed by atoms with van der Waals surface area (Å²) in [7, 11) is 0. The van der Waals surface area contributed by atoms with E-state index in [1.54, 1.807) is 12.4 Å². The van der Waals surface area contributed by atoms with Gasteiger partial charge in [-0.15, -0.1) is 0 Å². The van der Waals surface area contributed by atoms with Crippen LogP contribution >= 0.6 is 0 Å². The van der Waals surface area contributed by atoms with Crippen LogP contribution < -0.4 is 15.4 Å². The Balaban J connectivity index is 1.11. The van der Waals surface area contributed by atoms with Gasteiger partial charge < -0.3 is 20.4 Å². The lowest BCUT2D eigenvalue weighted by Crippen LogP contribution is -2.47. The maximum Gasteiger partial charge on any atom is 0.340 e. The minimum atomic E-state index is -4.37. The number of nitriles is 1. The van der Waals surface area contributed by atoms with Crippen molar-refractivity contribution < 1.29 is 27.1 Å². The zero-order chi connectivity index (χ0) is 31.3. The first-order valence-electron chi connectivity index (χ1n) is 14.2. The zero-order valence-corrected chi connectivity index (χ0v) is 23.8. The van der Waals surface area contributed by atoms with Crippen molar-refractivity contribution in [3.8, 4) is 22.9 Å². The van der Waals surface area contributed by atoms with Crippen molar-refractivity contribution in [3.63, 3.8) is 0 Å². The van der Waals surface area contributed by atoms with Crippen LogP contribution in [0.5, 0.6) is 5.75 Å². The average Bonchev–Trinajstić information content (AvgIpc) is 3.44. The predicted molar refractivity (Wildman–Crippen MR) is 157 cm³/mol. The second-order valence-corrected chi connectivity index (χ2v) is 10.7. The number of H-pyrrole nitrogens is 1. The predicted octanol–water partition coefficient (Wildman–Crippen LogP) is 5.02. The molecule has 0 unspecified atom stereocenters. The number of nitrogens with zero attached hydrogens (tertiary/aromatic N) is 5. The van der Waals surface area contributed by atoms with Crippen LogP contribution in [-0.4, -0.2) is 77.4 Å². The standard InChI is InChI=1S/C31H31F4N7O2/c32-29(33)31(34,35)19-44-27-7-5-21(14-25(27)28(37)43)23-17-39-30(40-18-23)42-11-9-41(10-12-42)8-2-1-3-22-16-38-26-6-4-20(15-36)13-24(22)26/h4-7,13-14,16-18,29,38H,1-3,8-12,19H2,(H2,37,43). The number of primary amides is 1. The van der Waals surface area contributed by atoms with Gasteiger partial charge in [0, 0.05) is 61.2 Å². The number of ether oxygens (including phenoxy) is 1. The number of piperazine rings is 1. The summed E-state index contributed by atoms with van der Waals surface area (Å²) in [6.45, 7) is 2.67. The number of aromatic amines is 1. The number of aryl methyl sites for hydroxylation is 1. The number of alkyl halides is 4. The summed E-state index contributed by atoms with van der Waals surface area (Å²) >= 11 is 0. The van der Waals surface area contributed by atoms with Crippen molar-refractivity contribution in [2.75, 3.05) is 44.2 Å². The number of carbonyl (C=O) groups is 1. The van der Waals surface area contributed by atoms with Gasteiger partial charge >= 0.3 is 12.3 Å². The highest BCUT2D eigenvalue weighted by Gasteiger charge is 2.42. The Morgan fingerprint density at radius 3 is 2.50 bits per heavy atom. The number of hydrogen-bond acceptors (Lipinski definition) is 7. The second kappa shape index (κ2) is 13.3. The first-order valence-corrected chi connectivity index (χ1v) is 14.2. The highest BCUT2D eigenvalue weighted by atomic mass is 19.3. The van der Waals surface area contributed by atoms with Crippen molar-refractivity contribution in [2.24, 2.45) is 5.73 Å². The first kappa shape index (κ1) is 30.7. The van der Waals surface area contributed by atoms with E-state index in [2.05, 4.69) is 30.8 Å². The fourth-order valence-corrected chi connectivity index (χ4v) is 5.18. The van der Waals surface area contributed by atoms with Crippen molar-refractivity contribution >= 4 is 22.8 Å². The van der Waals surface area contributed by atoms with Crippen molar-refractivity contribution in [1.82, 2.24) is 19.9 Å². The molecule has 0 spiro atoms. The Morgan fingerprint density at radius 1 is 1.07 bits per heavy atom. The highest BCUT2D eigenvalue weighted by molar-refractivity contribution is 5.97. The van der Waals surface area contributed by atoms with Crippen molar-refractivity contribution in [3.05, 3.63) is 71.7 Å². The molecule has 0 saturated carbocycles. The molecule has 1 aliphatic rings. The third-order valence-electron chi connectivity index (χ3n) is 7.68. The highest BCUT2D eigenvalue weighted by Crippen LogP contribution is 2.30. The number of benzene rings is 2. The molecule has 0 atom stereocenters. The van der Waals surface area contributed by atoms with Crippen LogP contribution in [0.1, 0.15) is 34.3 Å². The maximum atomic E-state index is 13.3. The van der Waals surface area contributed by atoms with E-state index in [9.17, 15) is 27.6 Å². The Labute approximate surface area is 251 Å². The van der Waals surface area contributed by atoms with Crippen molar-refractivity contribution in [1.29, 1.82) is 5.26 Å². The molecule has 5 rings (SSSR count). The fourth-order valence-electron chi connectivity index (χ4n) is 5.18. The Bertz CT molecular complexity index is 1650. The number of anilines is 1. The number of aromatic nitrogens is 3. The molecule has 1 fully saturated rings. The summed E-state index contributed by atoms with van der Waals surface area (Å²) in [4.78, 5) is 28.6. The number of halogens is 4. The van der Waals surface area contributed by atoms with E-state index in [4.69, 9.17) is 10.5 Å². The molecule has 13 heteroatoms. The molecule has 2 aromatic carbocycles. The largest absolute Gasteiger partial charge is 0.486 e. The van der Waals surface area contributed by atoms with Gasteiger partial charge in [-0.2, -0.15) is 14.0 Å². The topological polar surface area (TPSA) is 124 Å². The number of carbonyl (C=O) groups excluding carboxylic acids is 1. The first-order chi connectivity index (χ1) is 21.1. The van der Waals surface area contributed by atoms with E-state index in [1.165, 1.54) is 23.8 Å². The third kappa shape index (κ3) is 7.08. The zero-order valence-electron chi connectivity index (χ0n) is 23.8. The molecule has 3 N–H and O–H groups in total. The lowest BCUT2D eigenvalue weighted by atomic mass is 10.0. The van der Waals surface area contributed by atoms with E-state index in [1.807, 2.05) is 24.4 Å². The van der Waals surface area contributed by atoms with Crippen molar-refractivity contribution in [2.45, 2.75) is 31.6 Å². The second-order valence-electron chi connectivity index (χ2n) is 10.7. The minimum absolute atomic E-state index is 0.220. The van der Waals surface area contributed by atoms with Gasteiger partial charge in [-0.05, 0) is 67.3 Å². The van der Waals surface area contributed by atoms with E-state index >= 15 is 0 Å². The molecular formula is C31H31F4N7O2. The molecule has 3 heterocycles. The Hall–Kier alpha value is -4.70. The molecule has 1 amide bonds. The molecule has 2 aromatic heterocycles. The number of hydrogen-bond donors (Lipinski definition) is 2. The van der Waals surface area contributed by atoms with Crippen LogP contribution in [0, 0.1) is 11.3 Å². The fraction of sp³-hybridized carbons (Fsp3) is 0.355. The van der Waals surface area contributed by atoms with Crippen LogP contribution in [0.25, 0.3) is 22.0 Å². The van der Waals surface area contributed by atoms with Crippen LogP contribution in [0.4, 0.5) is 23.5 Å². The number of fused-ring (bicyclic) bond motifs is 1. The lowest BCUT2D eigenvalue weighted by Gasteiger charge is -2.34. The van der Waals surface area contributed by atoms with Gasteiger partial charge in [0.15, 0.2) is 6.61 Å².